The van der Waals surface area contributed by atoms with Gasteiger partial charge in [-0.15, -0.1) is 0 Å². The highest BCUT2D eigenvalue weighted by molar-refractivity contribution is 5.19. The molecule has 18 heavy (non-hydrogen) atoms. The highest BCUT2D eigenvalue weighted by Crippen LogP contribution is 2.29. The van der Waals surface area contributed by atoms with Gasteiger partial charge in [0.1, 0.15) is 0 Å². The van der Waals surface area contributed by atoms with E-state index in [1.807, 2.05) is 6.07 Å². The number of aliphatic hydroxyl groups excluding tert-OH is 2. The van der Waals surface area contributed by atoms with E-state index in [0.717, 1.165) is 25.7 Å². The summed E-state index contributed by atoms with van der Waals surface area (Å²) in [5.74, 6) is 0.848. The molecule has 0 saturated heterocycles. The molecule has 1 aromatic rings. The van der Waals surface area contributed by atoms with Crippen LogP contribution in [0.1, 0.15) is 50.5 Å². The van der Waals surface area contributed by atoms with E-state index in [0.29, 0.717) is 11.8 Å². The van der Waals surface area contributed by atoms with Crippen LogP contribution in [-0.2, 0) is 0 Å². The van der Waals surface area contributed by atoms with Gasteiger partial charge in [-0.05, 0) is 43.1 Å². The second-order valence-corrected chi connectivity index (χ2v) is 5.05. The molecule has 0 amide bonds. The summed E-state index contributed by atoms with van der Waals surface area (Å²) in [6, 6.07) is 10.6. The predicted molar refractivity (Wildman–Crippen MR) is 75.6 cm³/mol. The van der Waals surface area contributed by atoms with Crippen LogP contribution in [0.2, 0.25) is 0 Å². The highest BCUT2D eigenvalue weighted by Gasteiger charge is 2.16. The summed E-state index contributed by atoms with van der Waals surface area (Å²) in [4.78, 5) is 0. The molecule has 0 aliphatic carbocycles. The van der Waals surface area contributed by atoms with Gasteiger partial charge in [0.2, 0.25) is 0 Å². The van der Waals surface area contributed by atoms with E-state index >= 15 is 0 Å². The molecule has 1 aromatic carbocycles. The van der Waals surface area contributed by atoms with E-state index in [4.69, 9.17) is 5.11 Å². The third-order valence-corrected chi connectivity index (χ3v) is 3.55. The molecule has 2 atom stereocenters. The van der Waals surface area contributed by atoms with Crippen LogP contribution in [0, 0.1) is 5.92 Å². The van der Waals surface area contributed by atoms with Gasteiger partial charge in [0.15, 0.2) is 0 Å². The van der Waals surface area contributed by atoms with Crippen LogP contribution in [0.3, 0.4) is 0 Å². The monoisotopic (exact) mass is 250 g/mol. The van der Waals surface area contributed by atoms with Crippen LogP contribution in [0.4, 0.5) is 0 Å². The van der Waals surface area contributed by atoms with Gasteiger partial charge in [0.25, 0.3) is 0 Å². The Kier molecular flexibility index (Phi) is 7.70. The summed E-state index contributed by atoms with van der Waals surface area (Å²) in [6.45, 7) is 2.66. The molecule has 2 heteroatoms. The van der Waals surface area contributed by atoms with Crippen LogP contribution < -0.4 is 0 Å². The number of benzene rings is 1. The molecule has 102 valence electrons. The summed E-state index contributed by atoms with van der Waals surface area (Å²) in [6.07, 6.45) is 5.06. The molecule has 0 saturated carbocycles. The molecule has 0 aliphatic rings. The first-order valence-electron chi connectivity index (χ1n) is 7.08. The van der Waals surface area contributed by atoms with Gasteiger partial charge >= 0.3 is 0 Å². The molecule has 0 fully saturated rings. The molecule has 0 bridgehead atoms. The fourth-order valence-electron chi connectivity index (χ4n) is 2.56. The van der Waals surface area contributed by atoms with Crippen molar-refractivity contribution in [1.29, 1.82) is 0 Å². The molecule has 2 N–H and O–H groups in total. The van der Waals surface area contributed by atoms with E-state index in [1.54, 1.807) is 0 Å². The molecule has 2 unspecified atom stereocenters. The van der Waals surface area contributed by atoms with Crippen molar-refractivity contribution in [2.45, 2.75) is 44.9 Å². The lowest BCUT2D eigenvalue weighted by Crippen LogP contribution is -2.12. The minimum absolute atomic E-state index is 0.223. The van der Waals surface area contributed by atoms with E-state index in [2.05, 4.69) is 31.2 Å². The number of hydrogen-bond acceptors (Lipinski definition) is 2. The summed E-state index contributed by atoms with van der Waals surface area (Å²) >= 11 is 0. The zero-order chi connectivity index (χ0) is 13.2. The lowest BCUT2D eigenvalue weighted by molar-refractivity contribution is 0.186. The van der Waals surface area contributed by atoms with Gasteiger partial charge in [-0.2, -0.15) is 0 Å². The maximum absolute atomic E-state index is 9.44. The Morgan fingerprint density at radius 2 is 1.78 bits per heavy atom. The fourth-order valence-corrected chi connectivity index (χ4v) is 2.56. The van der Waals surface area contributed by atoms with Crippen molar-refractivity contribution in [3.63, 3.8) is 0 Å². The molecule has 0 heterocycles. The van der Waals surface area contributed by atoms with Crippen LogP contribution in [-0.4, -0.2) is 23.4 Å². The Bertz CT molecular complexity index is 297. The van der Waals surface area contributed by atoms with Gasteiger partial charge in [0.05, 0.1) is 0 Å². The minimum atomic E-state index is 0.223. The summed E-state index contributed by atoms with van der Waals surface area (Å²) in [5.41, 5.74) is 1.38. The molecule has 1 rings (SSSR count). The van der Waals surface area contributed by atoms with Gasteiger partial charge < -0.3 is 10.2 Å². The largest absolute Gasteiger partial charge is 0.396 e. The molecule has 0 spiro atoms. The summed E-state index contributed by atoms with van der Waals surface area (Å²) in [5, 5.41) is 18.3. The van der Waals surface area contributed by atoms with Crippen LogP contribution in [0.25, 0.3) is 0 Å². The van der Waals surface area contributed by atoms with Crippen LogP contribution in [0.5, 0.6) is 0 Å². The zero-order valence-electron chi connectivity index (χ0n) is 11.4. The van der Waals surface area contributed by atoms with Crippen molar-refractivity contribution in [2.24, 2.45) is 5.92 Å². The Labute approximate surface area is 111 Å². The van der Waals surface area contributed by atoms with E-state index in [1.165, 1.54) is 12.0 Å². The third kappa shape index (κ3) is 5.19. The highest BCUT2D eigenvalue weighted by atomic mass is 16.3. The first-order valence-corrected chi connectivity index (χ1v) is 7.08. The van der Waals surface area contributed by atoms with Crippen molar-refractivity contribution < 1.29 is 10.2 Å². The normalized spacial score (nSPS) is 14.4. The maximum Gasteiger partial charge on any atom is 0.0459 e. The molecule has 2 nitrogen and oxygen atoms in total. The SMILES string of the molecule is CCCC(CC(CO)CCCO)c1ccccc1. The first kappa shape index (κ1) is 15.2. The lowest BCUT2D eigenvalue weighted by Gasteiger charge is -2.22. The average Bonchev–Trinajstić information content (AvgIpc) is 2.43. The van der Waals surface area contributed by atoms with Crippen LogP contribution >= 0.6 is 0 Å². The summed E-state index contributed by atoms with van der Waals surface area (Å²) < 4.78 is 0. The topological polar surface area (TPSA) is 40.5 Å². The average molecular weight is 250 g/mol. The van der Waals surface area contributed by atoms with Crippen LogP contribution in [0.15, 0.2) is 30.3 Å². The van der Waals surface area contributed by atoms with E-state index < -0.39 is 0 Å². The first-order chi connectivity index (χ1) is 8.81. The fraction of sp³-hybridized carbons (Fsp3) is 0.625. The van der Waals surface area contributed by atoms with Crippen molar-refractivity contribution in [3.8, 4) is 0 Å². The van der Waals surface area contributed by atoms with Crippen molar-refractivity contribution in [1.82, 2.24) is 0 Å². The predicted octanol–water partition coefficient (Wildman–Crippen LogP) is 3.34. The van der Waals surface area contributed by atoms with Gasteiger partial charge in [-0.25, -0.2) is 0 Å². The number of aliphatic hydroxyl groups is 2. The Hall–Kier alpha value is -0.860. The molecule has 0 radical (unpaired) electrons. The Morgan fingerprint density at radius 1 is 1.06 bits per heavy atom. The van der Waals surface area contributed by atoms with Gasteiger partial charge in [-0.3, -0.25) is 0 Å². The van der Waals surface area contributed by atoms with Gasteiger partial charge in [-0.1, -0.05) is 43.7 Å². The Balaban J connectivity index is 2.61. The number of hydrogen-bond donors (Lipinski definition) is 2. The standard InChI is InChI=1S/C16H26O2/c1-2-7-16(15-9-4-3-5-10-15)12-14(13-18)8-6-11-17/h3-5,9-10,14,16-18H,2,6-8,11-13H2,1H3. The van der Waals surface area contributed by atoms with Crippen molar-refractivity contribution in [2.75, 3.05) is 13.2 Å². The van der Waals surface area contributed by atoms with Crippen molar-refractivity contribution >= 4 is 0 Å². The lowest BCUT2D eigenvalue weighted by atomic mass is 9.84. The minimum Gasteiger partial charge on any atom is -0.396 e. The molecular formula is C16H26O2. The number of rotatable bonds is 9. The van der Waals surface area contributed by atoms with E-state index in [-0.39, 0.29) is 13.2 Å². The van der Waals surface area contributed by atoms with E-state index in [9.17, 15) is 5.11 Å². The van der Waals surface area contributed by atoms with Crippen molar-refractivity contribution in [3.05, 3.63) is 35.9 Å². The smallest absolute Gasteiger partial charge is 0.0459 e. The third-order valence-electron chi connectivity index (χ3n) is 3.55. The Morgan fingerprint density at radius 3 is 2.33 bits per heavy atom. The molecule has 0 aliphatic heterocycles. The molecule has 0 aromatic heterocycles. The zero-order valence-corrected chi connectivity index (χ0v) is 11.4. The second-order valence-electron chi connectivity index (χ2n) is 5.05. The summed E-state index contributed by atoms with van der Waals surface area (Å²) in [7, 11) is 0. The molecular weight excluding hydrogens is 224 g/mol. The maximum atomic E-state index is 9.44. The second kappa shape index (κ2) is 9.12. The van der Waals surface area contributed by atoms with Gasteiger partial charge in [0, 0.05) is 13.2 Å². The quantitative estimate of drug-likeness (QED) is 0.705.